The predicted molar refractivity (Wildman–Crippen MR) is 83.0 cm³/mol. The standard InChI is InChI=1S/C14H15BrN2O6/c1-5-8(14(16)18)17-23-9(5)6-7(15)11-13(22-4-21-11)12(20-3)10(6)19-2/h5,9H,4H2,1-3H3,(H2,16,18). The monoisotopic (exact) mass is 386 g/mol. The molecule has 2 N–H and O–H groups in total. The summed E-state index contributed by atoms with van der Waals surface area (Å²) in [6.45, 7) is 1.87. The molecule has 8 nitrogen and oxygen atoms in total. The minimum absolute atomic E-state index is 0.0705. The van der Waals surface area contributed by atoms with Gasteiger partial charge in [0.25, 0.3) is 5.91 Å². The molecule has 2 aliphatic rings. The molecule has 0 fully saturated rings. The van der Waals surface area contributed by atoms with Crippen LogP contribution in [0.15, 0.2) is 9.63 Å². The second-order valence-electron chi connectivity index (χ2n) is 5.01. The van der Waals surface area contributed by atoms with E-state index in [-0.39, 0.29) is 18.4 Å². The smallest absolute Gasteiger partial charge is 0.266 e. The van der Waals surface area contributed by atoms with Gasteiger partial charge < -0.3 is 29.5 Å². The van der Waals surface area contributed by atoms with Gasteiger partial charge in [-0.15, -0.1) is 0 Å². The van der Waals surface area contributed by atoms with Gasteiger partial charge in [0, 0.05) is 0 Å². The van der Waals surface area contributed by atoms with Crippen LogP contribution in [0.5, 0.6) is 23.0 Å². The highest BCUT2D eigenvalue weighted by atomic mass is 79.9. The third kappa shape index (κ3) is 2.26. The molecule has 3 rings (SSSR count). The summed E-state index contributed by atoms with van der Waals surface area (Å²) < 4.78 is 22.4. The molecule has 2 aliphatic heterocycles. The minimum atomic E-state index is -0.622. The van der Waals surface area contributed by atoms with E-state index in [0.717, 1.165) is 0 Å². The molecule has 0 bridgehead atoms. The Kier molecular flexibility index (Phi) is 3.97. The molecule has 23 heavy (non-hydrogen) atoms. The summed E-state index contributed by atoms with van der Waals surface area (Å²) in [6.07, 6.45) is -0.578. The summed E-state index contributed by atoms with van der Waals surface area (Å²) in [5, 5.41) is 3.79. The van der Waals surface area contributed by atoms with Crippen molar-refractivity contribution in [1.29, 1.82) is 0 Å². The molecule has 0 radical (unpaired) electrons. The summed E-state index contributed by atoms with van der Waals surface area (Å²) in [6, 6.07) is 0. The molecule has 0 aromatic heterocycles. The van der Waals surface area contributed by atoms with E-state index in [9.17, 15) is 4.79 Å². The lowest BCUT2D eigenvalue weighted by Gasteiger charge is -2.22. The number of carbonyl (C=O) groups excluding carboxylic acids is 1. The number of nitrogens with zero attached hydrogens (tertiary/aromatic N) is 1. The fraction of sp³-hybridized carbons (Fsp3) is 0.429. The van der Waals surface area contributed by atoms with E-state index >= 15 is 0 Å². The van der Waals surface area contributed by atoms with Crippen molar-refractivity contribution in [3.63, 3.8) is 0 Å². The fourth-order valence-corrected chi connectivity index (χ4v) is 3.40. The number of hydrogen-bond donors (Lipinski definition) is 1. The first-order valence-corrected chi connectivity index (χ1v) is 7.57. The van der Waals surface area contributed by atoms with Crippen molar-refractivity contribution in [3.8, 4) is 23.0 Å². The Hall–Kier alpha value is -2.16. The van der Waals surface area contributed by atoms with Crippen LogP contribution < -0.4 is 24.7 Å². The largest absolute Gasteiger partial charge is 0.492 e. The highest BCUT2D eigenvalue weighted by Gasteiger charge is 2.41. The van der Waals surface area contributed by atoms with Crippen LogP contribution in [-0.2, 0) is 9.63 Å². The first-order valence-electron chi connectivity index (χ1n) is 6.77. The van der Waals surface area contributed by atoms with E-state index in [1.165, 1.54) is 14.2 Å². The SMILES string of the molecule is COc1c2c(c(Br)c(C3ON=C(C(N)=O)C3C)c1OC)OCO2. The number of methoxy groups -OCH3 is 2. The molecule has 0 saturated heterocycles. The summed E-state index contributed by atoms with van der Waals surface area (Å²) in [5.41, 5.74) is 6.10. The predicted octanol–water partition coefficient (Wildman–Crippen LogP) is 1.74. The number of hydrogen-bond acceptors (Lipinski definition) is 7. The summed E-state index contributed by atoms with van der Waals surface area (Å²) in [4.78, 5) is 16.9. The van der Waals surface area contributed by atoms with Crippen LogP contribution in [0, 0.1) is 5.92 Å². The second kappa shape index (κ2) is 5.80. The Bertz CT molecular complexity index is 705. The molecule has 1 aromatic carbocycles. The van der Waals surface area contributed by atoms with Crippen LogP contribution in [0.1, 0.15) is 18.6 Å². The fourth-order valence-electron chi connectivity index (χ4n) is 2.70. The molecule has 1 aromatic rings. The van der Waals surface area contributed by atoms with Gasteiger partial charge in [0.15, 0.2) is 23.3 Å². The van der Waals surface area contributed by atoms with Crippen molar-refractivity contribution in [2.24, 2.45) is 16.8 Å². The maximum absolute atomic E-state index is 11.4. The number of oxime groups is 1. The number of amides is 1. The summed E-state index contributed by atoms with van der Waals surface area (Å²) in [5.74, 6) is 0.760. The number of halogens is 1. The molecule has 124 valence electrons. The van der Waals surface area contributed by atoms with E-state index in [1.807, 2.05) is 0 Å². The van der Waals surface area contributed by atoms with Crippen molar-refractivity contribution in [3.05, 3.63) is 10.0 Å². The van der Waals surface area contributed by atoms with Gasteiger partial charge in [-0.3, -0.25) is 4.79 Å². The highest BCUT2D eigenvalue weighted by molar-refractivity contribution is 9.10. The lowest BCUT2D eigenvalue weighted by Crippen LogP contribution is -2.28. The van der Waals surface area contributed by atoms with Gasteiger partial charge in [0.2, 0.25) is 18.3 Å². The van der Waals surface area contributed by atoms with Gasteiger partial charge in [-0.25, -0.2) is 0 Å². The number of carbonyl (C=O) groups is 1. The molecule has 2 unspecified atom stereocenters. The normalized spacial score (nSPS) is 21.7. The van der Waals surface area contributed by atoms with Crippen LogP contribution in [0.2, 0.25) is 0 Å². The van der Waals surface area contributed by atoms with Crippen LogP contribution in [0.3, 0.4) is 0 Å². The quantitative estimate of drug-likeness (QED) is 0.845. The maximum atomic E-state index is 11.4. The Morgan fingerprint density at radius 2 is 1.91 bits per heavy atom. The molecular formula is C14H15BrN2O6. The van der Waals surface area contributed by atoms with Gasteiger partial charge in [-0.05, 0) is 15.9 Å². The maximum Gasteiger partial charge on any atom is 0.266 e. The molecule has 9 heteroatoms. The van der Waals surface area contributed by atoms with Gasteiger partial charge in [0.05, 0.1) is 30.2 Å². The summed E-state index contributed by atoms with van der Waals surface area (Å²) in [7, 11) is 3.01. The average Bonchev–Trinajstić information content (AvgIpc) is 3.14. The molecule has 1 amide bonds. The Morgan fingerprint density at radius 1 is 1.26 bits per heavy atom. The molecule has 2 atom stereocenters. The number of rotatable bonds is 4. The number of ether oxygens (including phenoxy) is 4. The lowest BCUT2D eigenvalue weighted by molar-refractivity contribution is -0.112. The molecular weight excluding hydrogens is 372 g/mol. The van der Waals surface area contributed by atoms with Gasteiger partial charge in [-0.1, -0.05) is 12.1 Å². The number of primary amides is 1. The van der Waals surface area contributed by atoms with Crippen molar-refractivity contribution in [2.45, 2.75) is 13.0 Å². The van der Waals surface area contributed by atoms with E-state index in [1.54, 1.807) is 6.92 Å². The first kappa shape index (κ1) is 15.7. The highest BCUT2D eigenvalue weighted by Crippen LogP contribution is 2.57. The Balaban J connectivity index is 2.15. The van der Waals surface area contributed by atoms with Crippen molar-refractivity contribution < 1.29 is 28.6 Å². The Labute approximate surface area is 140 Å². The molecule has 0 saturated carbocycles. The average molecular weight is 387 g/mol. The minimum Gasteiger partial charge on any atom is -0.492 e. The third-order valence-electron chi connectivity index (χ3n) is 3.80. The van der Waals surface area contributed by atoms with Gasteiger partial charge in [-0.2, -0.15) is 0 Å². The lowest BCUT2D eigenvalue weighted by atomic mass is 9.92. The number of nitrogens with two attached hydrogens (primary N) is 1. The van der Waals surface area contributed by atoms with Crippen LogP contribution in [-0.4, -0.2) is 32.6 Å². The number of benzene rings is 1. The first-order chi connectivity index (χ1) is 11.0. The van der Waals surface area contributed by atoms with Crippen LogP contribution >= 0.6 is 15.9 Å². The zero-order valence-corrected chi connectivity index (χ0v) is 14.3. The zero-order chi connectivity index (χ0) is 16.7. The second-order valence-corrected chi connectivity index (χ2v) is 5.81. The van der Waals surface area contributed by atoms with Crippen LogP contribution in [0.4, 0.5) is 0 Å². The van der Waals surface area contributed by atoms with Crippen LogP contribution in [0.25, 0.3) is 0 Å². The zero-order valence-electron chi connectivity index (χ0n) is 12.7. The molecule has 2 heterocycles. The third-order valence-corrected chi connectivity index (χ3v) is 4.59. The Morgan fingerprint density at radius 3 is 2.48 bits per heavy atom. The van der Waals surface area contributed by atoms with Gasteiger partial charge in [0.1, 0.15) is 0 Å². The van der Waals surface area contributed by atoms with E-state index in [2.05, 4.69) is 21.1 Å². The van der Waals surface area contributed by atoms with Crippen molar-refractivity contribution in [2.75, 3.05) is 21.0 Å². The number of fused-ring (bicyclic) bond motifs is 1. The van der Waals surface area contributed by atoms with Gasteiger partial charge >= 0.3 is 0 Å². The molecule has 0 spiro atoms. The summed E-state index contributed by atoms with van der Waals surface area (Å²) >= 11 is 3.49. The van der Waals surface area contributed by atoms with E-state index in [0.29, 0.717) is 33.0 Å². The van der Waals surface area contributed by atoms with Crippen molar-refractivity contribution in [1.82, 2.24) is 0 Å². The van der Waals surface area contributed by atoms with Crippen molar-refractivity contribution >= 4 is 27.5 Å². The topological polar surface area (TPSA) is 102 Å². The molecule has 0 aliphatic carbocycles. The van der Waals surface area contributed by atoms with E-state index in [4.69, 9.17) is 29.5 Å². The van der Waals surface area contributed by atoms with E-state index < -0.39 is 12.0 Å².